The van der Waals surface area contributed by atoms with Gasteiger partial charge in [0.25, 0.3) is 0 Å². The third kappa shape index (κ3) is 3.75. The monoisotopic (exact) mass is 235 g/mol. The Labute approximate surface area is 101 Å². The highest BCUT2D eigenvalue weighted by molar-refractivity contribution is 5.76. The first-order chi connectivity index (χ1) is 8.36. The highest BCUT2D eigenvalue weighted by Crippen LogP contribution is 2.09. The molecule has 1 heterocycles. The molecule has 1 aliphatic rings. The lowest BCUT2D eigenvalue weighted by Crippen LogP contribution is -2.38. The van der Waals surface area contributed by atoms with Crippen molar-refractivity contribution in [2.75, 3.05) is 26.5 Å². The van der Waals surface area contributed by atoms with E-state index in [0.717, 1.165) is 25.3 Å². The molecule has 1 aromatic carbocycles. The Hall–Kier alpha value is -1.55. The second kappa shape index (κ2) is 6.25. The lowest BCUT2D eigenvalue weighted by atomic mass is 10.3. The van der Waals surface area contributed by atoms with E-state index in [1.807, 2.05) is 30.3 Å². The van der Waals surface area contributed by atoms with Gasteiger partial charge in [-0.3, -0.25) is 4.79 Å². The summed E-state index contributed by atoms with van der Waals surface area (Å²) in [7, 11) is 0. The Balaban J connectivity index is 1.69. The summed E-state index contributed by atoms with van der Waals surface area (Å²) in [5.74, 6) is 0.899. The van der Waals surface area contributed by atoms with Gasteiger partial charge in [0.15, 0.2) is 0 Å². The van der Waals surface area contributed by atoms with Crippen LogP contribution < -0.4 is 4.74 Å². The van der Waals surface area contributed by atoms with Crippen LogP contribution in [0.3, 0.4) is 0 Å². The average molecular weight is 235 g/mol. The van der Waals surface area contributed by atoms with Crippen molar-refractivity contribution >= 4 is 5.91 Å². The molecule has 17 heavy (non-hydrogen) atoms. The smallest absolute Gasteiger partial charge is 0.227 e. The molecule has 0 spiro atoms. The second-order valence-corrected chi connectivity index (χ2v) is 3.96. The minimum Gasteiger partial charge on any atom is -0.493 e. The molecule has 0 bridgehead atoms. The normalized spacial score (nSPS) is 15.6. The standard InChI is InChI=1S/C13H17NO3/c15-13(14-8-4-9-16-11-14)7-10-17-12-5-2-1-3-6-12/h1-3,5-6H,4,7-11H2. The lowest BCUT2D eigenvalue weighted by molar-refractivity contribution is -0.141. The molecule has 0 radical (unpaired) electrons. The van der Waals surface area contributed by atoms with E-state index < -0.39 is 0 Å². The molecule has 1 amide bonds. The molecular formula is C13H17NO3. The maximum atomic E-state index is 11.8. The van der Waals surface area contributed by atoms with E-state index >= 15 is 0 Å². The quantitative estimate of drug-likeness (QED) is 0.796. The SMILES string of the molecule is O=C(CCOc1ccccc1)N1CCCOC1. The summed E-state index contributed by atoms with van der Waals surface area (Å²) < 4.78 is 10.7. The minimum absolute atomic E-state index is 0.0978. The van der Waals surface area contributed by atoms with Gasteiger partial charge >= 0.3 is 0 Å². The van der Waals surface area contributed by atoms with Crippen LogP contribution >= 0.6 is 0 Å². The molecule has 0 aromatic heterocycles. The fraction of sp³-hybridized carbons (Fsp3) is 0.462. The first-order valence-corrected chi connectivity index (χ1v) is 5.89. The van der Waals surface area contributed by atoms with Crippen molar-refractivity contribution in [3.8, 4) is 5.75 Å². The molecule has 0 atom stereocenters. The van der Waals surface area contributed by atoms with Crippen molar-refractivity contribution in [1.29, 1.82) is 0 Å². The molecule has 0 saturated carbocycles. The Kier molecular flexibility index (Phi) is 4.38. The molecule has 0 unspecified atom stereocenters. The van der Waals surface area contributed by atoms with Crippen LogP contribution in [0, 0.1) is 0 Å². The van der Waals surface area contributed by atoms with E-state index in [4.69, 9.17) is 9.47 Å². The number of hydrogen-bond donors (Lipinski definition) is 0. The summed E-state index contributed by atoms with van der Waals surface area (Å²) in [5, 5.41) is 0. The molecule has 1 aromatic rings. The van der Waals surface area contributed by atoms with Gasteiger partial charge in [-0.15, -0.1) is 0 Å². The summed E-state index contributed by atoms with van der Waals surface area (Å²) in [5.41, 5.74) is 0. The second-order valence-electron chi connectivity index (χ2n) is 3.96. The van der Waals surface area contributed by atoms with Crippen LogP contribution in [0.4, 0.5) is 0 Å². The zero-order chi connectivity index (χ0) is 11.9. The van der Waals surface area contributed by atoms with Crippen molar-refractivity contribution in [3.63, 3.8) is 0 Å². The fourth-order valence-electron chi connectivity index (χ4n) is 1.72. The van der Waals surface area contributed by atoms with Crippen LogP contribution in [0.1, 0.15) is 12.8 Å². The summed E-state index contributed by atoms with van der Waals surface area (Å²) in [6, 6.07) is 9.53. The van der Waals surface area contributed by atoms with Gasteiger partial charge in [0.2, 0.25) is 5.91 Å². The van der Waals surface area contributed by atoms with Gasteiger partial charge in [0.1, 0.15) is 12.5 Å². The Bertz CT molecular complexity index is 347. The van der Waals surface area contributed by atoms with Crippen LogP contribution in [0.25, 0.3) is 0 Å². The molecule has 1 saturated heterocycles. The van der Waals surface area contributed by atoms with Gasteiger partial charge in [-0.1, -0.05) is 18.2 Å². The zero-order valence-electron chi connectivity index (χ0n) is 9.80. The molecule has 0 aliphatic carbocycles. The third-order valence-electron chi connectivity index (χ3n) is 2.64. The van der Waals surface area contributed by atoms with Crippen molar-refractivity contribution in [2.45, 2.75) is 12.8 Å². The van der Waals surface area contributed by atoms with Gasteiger partial charge < -0.3 is 14.4 Å². The first kappa shape index (κ1) is 11.9. The lowest BCUT2D eigenvalue weighted by Gasteiger charge is -2.26. The Morgan fingerprint density at radius 1 is 1.35 bits per heavy atom. The van der Waals surface area contributed by atoms with Gasteiger partial charge in [-0.2, -0.15) is 0 Å². The van der Waals surface area contributed by atoms with E-state index in [9.17, 15) is 4.79 Å². The van der Waals surface area contributed by atoms with Gasteiger partial charge in [0.05, 0.1) is 19.6 Å². The van der Waals surface area contributed by atoms with Crippen molar-refractivity contribution < 1.29 is 14.3 Å². The predicted octanol–water partition coefficient (Wildman–Crippen LogP) is 1.66. The maximum Gasteiger partial charge on any atom is 0.227 e. The number of carbonyl (C=O) groups is 1. The van der Waals surface area contributed by atoms with E-state index in [-0.39, 0.29) is 5.91 Å². The maximum absolute atomic E-state index is 11.8. The van der Waals surface area contributed by atoms with E-state index in [2.05, 4.69) is 0 Å². The van der Waals surface area contributed by atoms with Crippen molar-refractivity contribution in [1.82, 2.24) is 4.90 Å². The minimum atomic E-state index is 0.0978. The average Bonchev–Trinajstić information content (AvgIpc) is 2.41. The van der Waals surface area contributed by atoms with Crippen molar-refractivity contribution in [3.05, 3.63) is 30.3 Å². The van der Waals surface area contributed by atoms with Crippen LogP contribution in [0.5, 0.6) is 5.75 Å². The van der Waals surface area contributed by atoms with E-state index in [0.29, 0.717) is 19.8 Å². The molecule has 4 nitrogen and oxygen atoms in total. The van der Waals surface area contributed by atoms with Gasteiger partial charge in [0, 0.05) is 6.54 Å². The number of amides is 1. The fourth-order valence-corrected chi connectivity index (χ4v) is 1.72. The third-order valence-corrected chi connectivity index (χ3v) is 2.64. The predicted molar refractivity (Wildman–Crippen MR) is 63.7 cm³/mol. The highest BCUT2D eigenvalue weighted by Gasteiger charge is 2.16. The Morgan fingerprint density at radius 3 is 2.88 bits per heavy atom. The number of nitrogens with zero attached hydrogens (tertiary/aromatic N) is 1. The number of ether oxygens (including phenoxy) is 2. The zero-order valence-corrected chi connectivity index (χ0v) is 9.80. The first-order valence-electron chi connectivity index (χ1n) is 5.89. The summed E-state index contributed by atoms with van der Waals surface area (Å²) in [4.78, 5) is 13.5. The van der Waals surface area contributed by atoms with Crippen molar-refractivity contribution in [2.24, 2.45) is 0 Å². The summed E-state index contributed by atoms with van der Waals surface area (Å²) in [6.45, 7) is 2.39. The number of rotatable bonds is 4. The number of hydrogen-bond acceptors (Lipinski definition) is 3. The molecule has 1 aliphatic heterocycles. The van der Waals surface area contributed by atoms with Crippen LogP contribution in [-0.2, 0) is 9.53 Å². The molecule has 0 N–H and O–H groups in total. The molecule has 2 rings (SSSR count). The van der Waals surface area contributed by atoms with Gasteiger partial charge in [-0.25, -0.2) is 0 Å². The molecule has 4 heteroatoms. The largest absolute Gasteiger partial charge is 0.493 e. The summed E-state index contributed by atoms with van der Waals surface area (Å²) >= 11 is 0. The van der Waals surface area contributed by atoms with Gasteiger partial charge in [-0.05, 0) is 18.6 Å². The molecular weight excluding hydrogens is 218 g/mol. The van der Waals surface area contributed by atoms with Crippen LogP contribution in [0.15, 0.2) is 30.3 Å². The number of carbonyl (C=O) groups excluding carboxylic acids is 1. The topological polar surface area (TPSA) is 38.8 Å². The van der Waals surface area contributed by atoms with Crippen LogP contribution in [-0.4, -0.2) is 37.3 Å². The van der Waals surface area contributed by atoms with E-state index in [1.54, 1.807) is 4.90 Å². The number of benzene rings is 1. The summed E-state index contributed by atoms with van der Waals surface area (Å²) in [6.07, 6.45) is 1.32. The Morgan fingerprint density at radius 2 is 2.18 bits per heavy atom. The van der Waals surface area contributed by atoms with Crippen LogP contribution in [0.2, 0.25) is 0 Å². The molecule has 92 valence electrons. The number of para-hydroxylation sites is 1. The van der Waals surface area contributed by atoms with E-state index in [1.165, 1.54) is 0 Å². The highest BCUT2D eigenvalue weighted by atomic mass is 16.5. The molecule has 1 fully saturated rings.